The average Bonchev–Trinajstić information content (AvgIpc) is 2.33. The molecule has 0 radical (unpaired) electrons. The molecule has 0 bridgehead atoms. The van der Waals surface area contributed by atoms with E-state index >= 15 is 0 Å². The summed E-state index contributed by atoms with van der Waals surface area (Å²) in [5, 5.41) is 3.12. The Labute approximate surface area is 115 Å². The molecule has 1 heterocycles. The van der Waals surface area contributed by atoms with Crippen LogP contribution < -0.4 is 10.2 Å². The van der Waals surface area contributed by atoms with Crippen molar-refractivity contribution < 1.29 is 4.39 Å². The van der Waals surface area contributed by atoms with Crippen LogP contribution in [-0.2, 0) is 6.54 Å². The highest BCUT2D eigenvalue weighted by atomic mass is 19.1. The summed E-state index contributed by atoms with van der Waals surface area (Å²) in [6.07, 6.45) is 0. The van der Waals surface area contributed by atoms with E-state index in [-0.39, 0.29) is 11.4 Å². The van der Waals surface area contributed by atoms with Crippen LogP contribution in [-0.4, -0.2) is 44.2 Å². The van der Waals surface area contributed by atoms with Crippen molar-refractivity contribution in [2.45, 2.75) is 25.9 Å². The minimum atomic E-state index is -0.164. The number of anilines is 1. The smallest absolute Gasteiger partial charge is 0.123 e. The predicted octanol–water partition coefficient (Wildman–Crippen LogP) is 2.08. The summed E-state index contributed by atoms with van der Waals surface area (Å²) in [6.45, 7) is 8.18. The van der Waals surface area contributed by atoms with Gasteiger partial charge in [-0.05, 0) is 51.7 Å². The minimum absolute atomic E-state index is 0.142. The Kier molecular flexibility index (Phi) is 4.11. The van der Waals surface area contributed by atoms with Gasteiger partial charge in [-0.3, -0.25) is 4.90 Å². The van der Waals surface area contributed by atoms with Crippen LogP contribution in [0.4, 0.5) is 10.1 Å². The first kappa shape index (κ1) is 14.3. The lowest BCUT2D eigenvalue weighted by Crippen LogP contribution is -2.57. The normalized spacial score (nSPS) is 19.7. The molecule has 1 aliphatic heterocycles. The molecule has 0 saturated carbocycles. The summed E-state index contributed by atoms with van der Waals surface area (Å²) in [7, 11) is 4.05. The number of likely N-dealkylation sites (N-methyl/N-ethyl adjacent to an activating group) is 1. The van der Waals surface area contributed by atoms with Gasteiger partial charge < -0.3 is 10.2 Å². The Bertz CT molecular complexity index is 445. The lowest BCUT2D eigenvalue weighted by atomic mass is 9.98. The first-order valence-corrected chi connectivity index (χ1v) is 6.83. The van der Waals surface area contributed by atoms with E-state index in [2.05, 4.69) is 36.0 Å². The van der Waals surface area contributed by atoms with Gasteiger partial charge in [-0.25, -0.2) is 4.39 Å². The lowest BCUT2D eigenvalue weighted by molar-refractivity contribution is 0.139. The molecule has 0 unspecified atom stereocenters. The number of nitrogens with zero attached hydrogens (tertiary/aromatic N) is 2. The molecular formula is C15H24FN3. The van der Waals surface area contributed by atoms with Gasteiger partial charge in [0.2, 0.25) is 0 Å². The average molecular weight is 265 g/mol. The summed E-state index contributed by atoms with van der Waals surface area (Å²) < 4.78 is 13.4. The van der Waals surface area contributed by atoms with Crippen molar-refractivity contribution in [2.75, 3.05) is 38.6 Å². The van der Waals surface area contributed by atoms with Gasteiger partial charge in [0.15, 0.2) is 0 Å². The molecule has 3 nitrogen and oxygen atoms in total. The van der Waals surface area contributed by atoms with Crippen molar-refractivity contribution in [1.82, 2.24) is 10.2 Å². The van der Waals surface area contributed by atoms with Gasteiger partial charge in [0.05, 0.1) is 0 Å². The first-order chi connectivity index (χ1) is 8.94. The van der Waals surface area contributed by atoms with E-state index in [4.69, 9.17) is 0 Å². The Morgan fingerprint density at radius 2 is 2.05 bits per heavy atom. The van der Waals surface area contributed by atoms with Crippen LogP contribution in [0.15, 0.2) is 18.2 Å². The fourth-order valence-corrected chi connectivity index (χ4v) is 2.64. The fraction of sp³-hybridized carbons (Fsp3) is 0.600. The van der Waals surface area contributed by atoms with Crippen molar-refractivity contribution in [2.24, 2.45) is 0 Å². The SMILES string of the molecule is CNCc1cc(F)ccc1N1CCN(C)C(C)(C)C1. The number of hydrogen-bond donors (Lipinski definition) is 1. The number of piperazine rings is 1. The highest BCUT2D eigenvalue weighted by Crippen LogP contribution is 2.27. The quantitative estimate of drug-likeness (QED) is 0.902. The van der Waals surface area contributed by atoms with Crippen LogP contribution in [0.2, 0.25) is 0 Å². The van der Waals surface area contributed by atoms with Gasteiger partial charge >= 0.3 is 0 Å². The Balaban J connectivity index is 2.26. The molecule has 1 aromatic rings. The fourth-order valence-electron chi connectivity index (χ4n) is 2.64. The summed E-state index contributed by atoms with van der Waals surface area (Å²) >= 11 is 0. The zero-order valence-corrected chi connectivity index (χ0v) is 12.3. The van der Waals surface area contributed by atoms with Crippen molar-refractivity contribution in [1.29, 1.82) is 0 Å². The Morgan fingerprint density at radius 3 is 2.68 bits per heavy atom. The van der Waals surface area contributed by atoms with Crippen LogP contribution in [0.5, 0.6) is 0 Å². The van der Waals surface area contributed by atoms with Crippen molar-refractivity contribution in [3.63, 3.8) is 0 Å². The molecule has 0 atom stereocenters. The summed E-state index contributed by atoms with van der Waals surface area (Å²) in [6, 6.07) is 5.10. The second-order valence-corrected chi connectivity index (χ2v) is 5.96. The van der Waals surface area contributed by atoms with E-state index in [1.54, 1.807) is 12.1 Å². The standard InChI is InChI=1S/C15H24FN3/c1-15(2)11-19(8-7-18(15)4)14-6-5-13(16)9-12(14)10-17-3/h5-6,9,17H,7-8,10-11H2,1-4H3. The molecule has 4 heteroatoms. The third-order valence-corrected chi connectivity index (χ3v) is 4.07. The maximum absolute atomic E-state index is 13.4. The van der Waals surface area contributed by atoms with E-state index in [1.165, 1.54) is 0 Å². The van der Waals surface area contributed by atoms with Crippen LogP contribution in [0, 0.1) is 5.82 Å². The Morgan fingerprint density at radius 1 is 1.32 bits per heavy atom. The molecule has 0 spiro atoms. The zero-order chi connectivity index (χ0) is 14.0. The van der Waals surface area contributed by atoms with Crippen LogP contribution in [0.1, 0.15) is 19.4 Å². The largest absolute Gasteiger partial charge is 0.368 e. The third kappa shape index (κ3) is 3.07. The molecule has 0 aliphatic carbocycles. The highest BCUT2D eigenvalue weighted by molar-refractivity contribution is 5.54. The molecule has 19 heavy (non-hydrogen) atoms. The monoisotopic (exact) mass is 265 g/mol. The number of halogens is 1. The maximum atomic E-state index is 13.4. The van der Waals surface area contributed by atoms with E-state index in [0.29, 0.717) is 6.54 Å². The molecule has 106 valence electrons. The molecule has 1 aromatic carbocycles. The van der Waals surface area contributed by atoms with E-state index in [9.17, 15) is 4.39 Å². The van der Waals surface area contributed by atoms with Gasteiger partial charge in [0.25, 0.3) is 0 Å². The van der Waals surface area contributed by atoms with E-state index in [0.717, 1.165) is 30.9 Å². The number of nitrogens with one attached hydrogen (secondary N) is 1. The van der Waals surface area contributed by atoms with Crippen LogP contribution in [0.3, 0.4) is 0 Å². The molecular weight excluding hydrogens is 241 g/mol. The maximum Gasteiger partial charge on any atom is 0.123 e. The summed E-state index contributed by atoms with van der Waals surface area (Å²) in [5.41, 5.74) is 2.32. The molecule has 0 amide bonds. The van der Waals surface area contributed by atoms with Gasteiger partial charge in [-0.15, -0.1) is 0 Å². The molecule has 1 aliphatic rings. The van der Waals surface area contributed by atoms with Gasteiger partial charge in [-0.1, -0.05) is 0 Å². The van der Waals surface area contributed by atoms with E-state index < -0.39 is 0 Å². The van der Waals surface area contributed by atoms with Crippen molar-refractivity contribution >= 4 is 5.69 Å². The van der Waals surface area contributed by atoms with Gasteiger partial charge in [-0.2, -0.15) is 0 Å². The number of benzene rings is 1. The third-order valence-electron chi connectivity index (χ3n) is 4.07. The van der Waals surface area contributed by atoms with Crippen molar-refractivity contribution in [3.8, 4) is 0 Å². The Hall–Kier alpha value is -1.13. The molecule has 1 saturated heterocycles. The molecule has 0 aromatic heterocycles. The van der Waals surface area contributed by atoms with E-state index in [1.807, 2.05) is 13.1 Å². The number of hydrogen-bond acceptors (Lipinski definition) is 3. The summed E-state index contributed by atoms with van der Waals surface area (Å²) in [4.78, 5) is 4.75. The summed E-state index contributed by atoms with van der Waals surface area (Å²) in [5.74, 6) is -0.164. The first-order valence-electron chi connectivity index (χ1n) is 6.83. The topological polar surface area (TPSA) is 18.5 Å². The highest BCUT2D eigenvalue weighted by Gasteiger charge is 2.31. The van der Waals surface area contributed by atoms with Gasteiger partial charge in [0, 0.05) is 37.4 Å². The molecule has 1 N–H and O–H groups in total. The molecule has 2 rings (SSSR count). The minimum Gasteiger partial charge on any atom is -0.368 e. The number of rotatable bonds is 3. The second-order valence-electron chi connectivity index (χ2n) is 5.96. The van der Waals surface area contributed by atoms with Crippen LogP contribution in [0.25, 0.3) is 0 Å². The van der Waals surface area contributed by atoms with Crippen molar-refractivity contribution in [3.05, 3.63) is 29.6 Å². The van der Waals surface area contributed by atoms with Crippen LogP contribution >= 0.6 is 0 Å². The second kappa shape index (κ2) is 5.47. The molecule has 1 fully saturated rings. The lowest BCUT2D eigenvalue weighted by Gasteiger charge is -2.46. The zero-order valence-electron chi connectivity index (χ0n) is 12.3. The van der Waals surface area contributed by atoms with Gasteiger partial charge in [0.1, 0.15) is 5.82 Å². The predicted molar refractivity (Wildman–Crippen MR) is 78.1 cm³/mol.